The van der Waals surface area contributed by atoms with Gasteiger partial charge in [-0.25, -0.2) is 4.79 Å². The minimum Gasteiger partial charge on any atom is -0.478 e. The number of rotatable bonds is 10. The topological polar surface area (TPSA) is 146 Å². The third-order valence-corrected chi connectivity index (χ3v) is 9.54. The lowest BCUT2D eigenvalue weighted by molar-refractivity contribution is 0.0696. The highest BCUT2D eigenvalue weighted by molar-refractivity contribution is 5.96. The van der Waals surface area contributed by atoms with Crippen molar-refractivity contribution in [3.63, 3.8) is 0 Å². The quantitative estimate of drug-likeness (QED) is 0.108. The van der Waals surface area contributed by atoms with Gasteiger partial charge in [0.2, 0.25) is 0 Å². The molecule has 286 valence electrons. The molecule has 0 aliphatic heterocycles. The van der Waals surface area contributed by atoms with E-state index in [1.54, 1.807) is 67.1 Å². The molecule has 0 fully saturated rings. The molecule has 0 saturated heterocycles. The van der Waals surface area contributed by atoms with Crippen LogP contribution in [0, 0.1) is 20.8 Å². The Morgan fingerprint density at radius 1 is 0.544 bits per heavy atom. The lowest BCUT2D eigenvalue weighted by atomic mass is 9.95. The fourth-order valence-electron chi connectivity index (χ4n) is 6.21. The summed E-state index contributed by atoms with van der Waals surface area (Å²) >= 11 is 0. The fraction of sp³-hybridized carbons (Fsp3) is 0.146. The number of carbonyl (C=O) groups excluding carboxylic acids is 1. The van der Waals surface area contributed by atoms with Gasteiger partial charge in [0.25, 0.3) is 5.91 Å². The molecule has 0 radical (unpaired) electrons. The highest BCUT2D eigenvalue weighted by Crippen LogP contribution is 2.30. The third-order valence-electron chi connectivity index (χ3n) is 9.54. The van der Waals surface area contributed by atoms with Crippen molar-refractivity contribution in [1.82, 2.24) is 20.3 Å². The van der Waals surface area contributed by atoms with Crippen LogP contribution in [0.15, 0.2) is 152 Å². The molecule has 0 aliphatic carbocycles. The molecule has 0 aliphatic rings. The summed E-state index contributed by atoms with van der Waals surface area (Å²) in [5, 5.41) is 34.0. The summed E-state index contributed by atoms with van der Waals surface area (Å²) in [6.45, 7) is 7.88. The van der Waals surface area contributed by atoms with Crippen LogP contribution in [-0.4, -0.2) is 42.1 Å². The monoisotopic (exact) mass is 756 g/mol. The number of carboxylic acid groups (broad SMARTS) is 1. The number of aromatic carboxylic acids is 1. The van der Waals surface area contributed by atoms with Crippen molar-refractivity contribution in [2.75, 3.05) is 0 Å². The average molecular weight is 757 g/mol. The molecule has 4 N–H and O–H groups in total. The average Bonchev–Trinajstić information content (AvgIpc) is 3.24. The van der Waals surface area contributed by atoms with Crippen molar-refractivity contribution in [3.8, 4) is 22.3 Å². The van der Waals surface area contributed by atoms with E-state index in [-0.39, 0.29) is 17.5 Å². The first-order chi connectivity index (χ1) is 27.4. The van der Waals surface area contributed by atoms with E-state index in [4.69, 9.17) is 0 Å². The Hall–Kier alpha value is -6.81. The third kappa shape index (κ3) is 10.3. The maximum atomic E-state index is 13.2. The van der Waals surface area contributed by atoms with Crippen LogP contribution < -0.4 is 5.32 Å². The Morgan fingerprint density at radius 3 is 1.47 bits per heavy atom. The van der Waals surface area contributed by atoms with Gasteiger partial charge in [0.05, 0.1) is 23.0 Å². The second-order valence-electron chi connectivity index (χ2n) is 14.0. The zero-order valence-corrected chi connectivity index (χ0v) is 32.2. The number of nitrogens with one attached hydrogen (secondary N) is 1. The number of pyridine rings is 3. The number of aromatic nitrogens is 3. The highest BCUT2D eigenvalue weighted by Gasteiger charge is 2.19. The Labute approximate surface area is 332 Å². The molecule has 3 aromatic heterocycles. The van der Waals surface area contributed by atoms with E-state index < -0.39 is 18.2 Å². The largest absolute Gasteiger partial charge is 0.478 e. The number of amides is 1. The van der Waals surface area contributed by atoms with Gasteiger partial charge < -0.3 is 20.6 Å². The van der Waals surface area contributed by atoms with Gasteiger partial charge in [-0.15, -0.1) is 0 Å². The van der Waals surface area contributed by atoms with E-state index in [2.05, 4.69) is 20.3 Å². The molecular formula is C48H44N4O5. The Bertz CT molecular complexity index is 2440. The van der Waals surface area contributed by atoms with Crippen LogP contribution in [0.4, 0.5) is 0 Å². The Balaban J connectivity index is 0.000000203. The number of hydrogen-bond acceptors (Lipinski definition) is 7. The van der Waals surface area contributed by atoms with Gasteiger partial charge in [0.15, 0.2) is 0 Å². The molecule has 0 spiro atoms. The minimum atomic E-state index is -1.03. The predicted octanol–water partition coefficient (Wildman–Crippen LogP) is 9.17. The number of aryl methyl sites for hydroxylation is 3. The van der Waals surface area contributed by atoms with Crippen molar-refractivity contribution in [2.45, 2.75) is 45.9 Å². The van der Waals surface area contributed by atoms with Gasteiger partial charge in [-0.05, 0) is 133 Å². The number of aliphatic hydroxyl groups excluding tert-OH is 2. The zero-order valence-electron chi connectivity index (χ0n) is 32.2. The summed E-state index contributed by atoms with van der Waals surface area (Å²) in [6.07, 6.45) is 3.10. The van der Waals surface area contributed by atoms with Crippen LogP contribution in [0.2, 0.25) is 0 Å². The normalized spacial score (nSPS) is 12.4. The molecule has 57 heavy (non-hydrogen) atoms. The van der Waals surface area contributed by atoms with Gasteiger partial charge in [0, 0.05) is 29.8 Å². The van der Waals surface area contributed by atoms with Crippen LogP contribution in [0.25, 0.3) is 22.3 Å². The highest BCUT2D eigenvalue weighted by atomic mass is 16.4. The number of carboxylic acids is 1. The first-order valence-electron chi connectivity index (χ1n) is 18.5. The second-order valence-corrected chi connectivity index (χ2v) is 14.0. The van der Waals surface area contributed by atoms with E-state index >= 15 is 0 Å². The van der Waals surface area contributed by atoms with Crippen LogP contribution >= 0.6 is 0 Å². The molecule has 7 rings (SSSR count). The smallest absolute Gasteiger partial charge is 0.335 e. The SMILES string of the molecule is Cc1ccc(-c2cc(C(=O)N[C@H](C)c3ccc(C)nc3)cc(C(O)c3ccccn3)c2)cc1.Cc1ccc(-c2cc(C(=O)O)cc(C(O)c3ccccn3)c2)cc1. The molecule has 0 bridgehead atoms. The van der Waals surface area contributed by atoms with E-state index in [0.717, 1.165) is 44.6 Å². The first-order valence-corrected chi connectivity index (χ1v) is 18.5. The van der Waals surface area contributed by atoms with E-state index in [1.807, 2.05) is 107 Å². The summed E-state index contributed by atoms with van der Waals surface area (Å²) in [4.78, 5) is 37.4. The number of benzene rings is 4. The van der Waals surface area contributed by atoms with Gasteiger partial charge in [-0.3, -0.25) is 19.7 Å². The fourth-order valence-corrected chi connectivity index (χ4v) is 6.21. The summed E-state index contributed by atoms with van der Waals surface area (Å²) in [5.74, 6) is -1.25. The van der Waals surface area contributed by atoms with E-state index in [9.17, 15) is 24.9 Å². The molecule has 3 heterocycles. The molecule has 3 atom stereocenters. The Morgan fingerprint density at radius 2 is 1.04 bits per heavy atom. The van der Waals surface area contributed by atoms with Gasteiger partial charge in [0.1, 0.15) is 12.2 Å². The predicted molar refractivity (Wildman–Crippen MR) is 222 cm³/mol. The van der Waals surface area contributed by atoms with Crippen LogP contribution in [-0.2, 0) is 0 Å². The molecule has 4 aromatic carbocycles. The molecule has 0 saturated carbocycles. The molecular weight excluding hydrogens is 713 g/mol. The minimum absolute atomic E-state index is 0.137. The zero-order chi connectivity index (χ0) is 40.5. The van der Waals surface area contributed by atoms with Gasteiger partial charge in [-0.2, -0.15) is 0 Å². The number of carbonyl (C=O) groups is 2. The van der Waals surface area contributed by atoms with Crippen molar-refractivity contribution < 1.29 is 24.9 Å². The number of hydrogen-bond donors (Lipinski definition) is 4. The van der Waals surface area contributed by atoms with Crippen molar-refractivity contribution in [3.05, 3.63) is 208 Å². The van der Waals surface area contributed by atoms with Crippen molar-refractivity contribution >= 4 is 11.9 Å². The number of aliphatic hydroxyl groups is 2. The molecule has 2 unspecified atom stereocenters. The van der Waals surface area contributed by atoms with Crippen LogP contribution in [0.5, 0.6) is 0 Å². The van der Waals surface area contributed by atoms with E-state index in [1.165, 1.54) is 6.07 Å². The van der Waals surface area contributed by atoms with Gasteiger partial charge >= 0.3 is 5.97 Å². The molecule has 1 amide bonds. The molecule has 9 nitrogen and oxygen atoms in total. The summed E-state index contributed by atoms with van der Waals surface area (Å²) < 4.78 is 0. The molecule has 7 aromatic rings. The maximum Gasteiger partial charge on any atom is 0.335 e. The van der Waals surface area contributed by atoms with Crippen LogP contribution in [0.1, 0.15) is 90.8 Å². The van der Waals surface area contributed by atoms with Gasteiger partial charge in [-0.1, -0.05) is 77.9 Å². The lowest BCUT2D eigenvalue weighted by Gasteiger charge is -2.17. The standard InChI is InChI=1S/C28H27N3O2.C20H17NO3/c1-18-7-10-21(11-8-18)23-14-24(27(32)26-6-4-5-13-29-26)16-25(15-23)28(33)31-20(3)22-12-9-19(2)30-17-22;1-13-5-7-14(8-6-13)15-10-16(12-17(11-15)20(23)24)19(22)18-4-2-3-9-21-18/h4-17,20,27,32H,1-3H3,(H,31,33);2-12,19,22H,1H3,(H,23,24)/t20-,27?;/m1./s1. The number of nitrogens with zero attached hydrogens (tertiary/aromatic N) is 3. The summed E-state index contributed by atoms with van der Waals surface area (Å²) in [7, 11) is 0. The molecule has 9 heteroatoms. The lowest BCUT2D eigenvalue weighted by Crippen LogP contribution is -2.27. The van der Waals surface area contributed by atoms with Crippen LogP contribution in [0.3, 0.4) is 0 Å². The van der Waals surface area contributed by atoms with Crippen molar-refractivity contribution in [2.24, 2.45) is 0 Å². The maximum absolute atomic E-state index is 13.2. The second kappa shape index (κ2) is 18.2. The van der Waals surface area contributed by atoms with Crippen molar-refractivity contribution in [1.29, 1.82) is 0 Å². The summed E-state index contributed by atoms with van der Waals surface area (Å²) in [6, 6.07) is 40.7. The van der Waals surface area contributed by atoms with E-state index in [0.29, 0.717) is 28.1 Å². The Kier molecular flexibility index (Phi) is 12.7. The first kappa shape index (κ1) is 39.9. The summed E-state index contributed by atoms with van der Waals surface area (Å²) in [5.41, 5.74) is 10.4.